The van der Waals surface area contributed by atoms with Gasteiger partial charge in [0.05, 0.1) is 6.61 Å². The van der Waals surface area contributed by atoms with Crippen LogP contribution in [0.4, 0.5) is 0 Å². The number of hydrogen-bond acceptors (Lipinski definition) is 7. The molecule has 0 aliphatic carbocycles. The van der Waals surface area contributed by atoms with Crippen LogP contribution in [-0.4, -0.2) is 52.6 Å². The first-order chi connectivity index (χ1) is 13.1. The van der Waals surface area contributed by atoms with E-state index in [-0.39, 0.29) is 0 Å². The first-order valence-electron chi connectivity index (χ1n) is 9.49. The van der Waals surface area contributed by atoms with Gasteiger partial charge in [0.15, 0.2) is 10.7 Å². The summed E-state index contributed by atoms with van der Waals surface area (Å²) in [6.07, 6.45) is 4.10. The molecule has 1 heterocycles. The molecule has 152 valence electrons. The van der Waals surface area contributed by atoms with Crippen LogP contribution < -0.4 is 16.2 Å². The summed E-state index contributed by atoms with van der Waals surface area (Å²) in [5, 5.41) is 0.957. The molecule has 0 unspecified atom stereocenters. The first-order valence-corrected chi connectivity index (χ1v) is 11.5. The molecule has 0 atom stereocenters. The normalized spacial score (nSPS) is 11.7. The number of unbranched alkanes of at least 4 members (excludes halogenated alkanes) is 1. The maximum atomic E-state index is 11.3. The van der Waals surface area contributed by atoms with Crippen LogP contribution in [0.15, 0.2) is 22.4 Å². The van der Waals surface area contributed by atoms with Gasteiger partial charge in [-0.1, -0.05) is 0 Å². The SMILES string of the molecule is Cc1c([SH](=O)=O)sc2ccc(OCCCN(CCCN)CCCCN)cc12. The molecule has 4 N–H and O–H groups in total. The minimum Gasteiger partial charge on any atom is -0.494 e. The highest BCUT2D eigenvalue weighted by Gasteiger charge is 2.11. The Bertz CT molecular complexity index is 782. The van der Waals surface area contributed by atoms with E-state index in [0.29, 0.717) is 17.4 Å². The third-order valence-electron chi connectivity index (χ3n) is 4.54. The van der Waals surface area contributed by atoms with Crippen molar-refractivity contribution < 1.29 is 13.2 Å². The highest BCUT2D eigenvalue weighted by Crippen LogP contribution is 2.34. The lowest BCUT2D eigenvalue weighted by molar-refractivity contribution is 0.230. The highest BCUT2D eigenvalue weighted by atomic mass is 32.2. The van der Waals surface area contributed by atoms with Gasteiger partial charge in [0.2, 0.25) is 0 Å². The molecular formula is C19H31N3O3S2. The molecule has 0 aliphatic heterocycles. The van der Waals surface area contributed by atoms with Crippen LogP contribution in [0, 0.1) is 6.92 Å². The molecular weight excluding hydrogens is 382 g/mol. The molecule has 27 heavy (non-hydrogen) atoms. The summed E-state index contributed by atoms with van der Waals surface area (Å²) in [6, 6.07) is 5.79. The molecule has 8 heteroatoms. The second-order valence-corrected chi connectivity index (χ2v) is 8.95. The van der Waals surface area contributed by atoms with Crippen molar-refractivity contribution in [2.75, 3.05) is 39.3 Å². The number of aryl methyl sites for hydroxylation is 1. The largest absolute Gasteiger partial charge is 0.494 e. The number of fused-ring (bicyclic) bond motifs is 1. The Morgan fingerprint density at radius 1 is 1.04 bits per heavy atom. The first kappa shape index (κ1) is 22.1. The standard InChI is InChI=1S/C19H31N3O3S2/c1-15-17-14-16(6-7-18(17)26-19(15)27(23)24)25-13-5-12-22(11-4-9-21)10-3-2-8-20/h6-7,14,27H,2-5,8-13,20-21H2,1H3. The lowest BCUT2D eigenvalue weighted by Gasteiger charge is -2.22. The van der Waals surface area contributed by atoms with E-state index in [1.165, 1.54) is 11.3 Å². The zero-order valence-corrected chi connectivity index (χ0v) is 17.7. The molecule has 0 fully saturated rings. The van der Waals surface area contributed by atoms with E-state index in [0.717, 1.165) is 73.3 Å². The summed E-state index contributed by atoms with van der Waals surface area (Å²) >= 11 is 1.31. The molecule has 6 nitrogen and oxygen atoms in total. The fourth-order valence-corrected chi connectivity index (χ4v) is 4.98. The third kappa shape index (κ3) is 6.73. The average molecular weight is 414 g/mol. The van der Waals surface area contributed by atoms with Gasteiger partial charge in [-0.15, -0.1) is 11.3 Å². The molecule has 1 aromatic carbocycles. The number of benzene rings is 1. The second-order valence-electron chi connectivity index (χ2n) is 6.63. The van der Waals surface area contributed by atoms with Gasteiger partial charge in [-0.3, -0.25) is 0 Å². The molecule has 1 aromatic heterocycles. The van der Waals surface area contributed by atoms with Crippen LogP contribution in [-0.2, 0) is 10.7 Å². The average Bonchev–Trinajstić information content (AvgIpc) is 2.99. The van der Waals surface area contributed by atoms with Crippen LogP contribution in [0.5, 0.6) is 5.75 Å². The van der Waals surface area contributed by atoms with Crippen molar-refractivity contribution in [1.29, 1.82) is 0 Å². The van der Waals surface area contributed by atoms with Crippen LogP contribution in [0.1, 0.15) is 31.2 Å². The van der Waals surface area contributed by atoms with E-state index in [9.17, 15) is 8.42 Å². The smallest absolute Gasteiger partial charge is 0.177 e. The van der Waals surface area contributed by atoms with Gasteiger partial charge >= 0.3 is 0 Å². The number of nitrogens with two attached hydrogens (primary N) is 2. The molecule has 0 spiro atoms. The fraction of sp³-hybridized carbons (Fsp3) is 0.579. The zero-order chi connectivity index (χ0) is 19.6. The predicted molar refractivity (Wildman–Crippen MR) is 114 cm³/mol. The van der Waals surface area contributed by atoms with Crippen molar-refractivity contribution in [2.45, 2.75) is 36.8 Å². The summed E-state index contributed by atoms with van der Waals surface area (Å²) in [4.78, 5) is 2.43. The van der Waals surface area contributed by atoms with Gasteiger partial charge in [-0.05, 0) is 82.5 Å². The van der Waals surface area contributed by atoms with E-state index < -0.39 is 10.7 Å². The van der Waals surface area contributed by atoms with Gasteiger partial charge in [-0.2, -0.15) is 0 Å². The number of thiol groups is 1. The summed E-state index contributed by atoms with van der Waals surface area (Å²) in [7, 11) is -2.55. The molecule has 0 saturated heterocycles. The van der Waals surface area contributed by atoms with Crippen molar-refractivity contribution in [2.24, 2.45) is 11.5 Å². The van der Waals surface area contributed by atoms with Gasteiger partial charge in [0, 0.05) is 16.6 Å². The minimum absolute atomic E-state index is 0.435. The minimum atomic E-state index is -2.55. The van der Waals surface area contributed by atoms with Crippen LogP contribution in [0.25, 0.3) is 10.1 Å². The molecule has 0 aliphatic rings. The van der Waals surface area contributed by atoms with Gasteiger partial charge in [-0.25, -0.2) is 8.42 Å². The van der Waals surface area contributed by atoms with Crippen molar-refractivity contribution in [3.63, 3.8) is 0 Å². The number of thiophene rings is 1. The van der Waals surface area contributed by atoms with Crippen molar-refractivity contribution in [3.8, 4) is 5.75 Å². The summed E-state index contributed by atoms with van der Waals surface area (Å²) < 4.78 is 29.9. The Hall–Kier alpha value is -1.19. The Labute approximate surface area is 167 Å². The summed E-state index contributed by atoms with van der Waals surface area (Å²) in [5.74, 6) is 0.785. The summed E-state index contributed by atoms with van der Waals surface area (Å²) in [6.45, 7) is 6.96. The van der Waals surface area contributed by atoms with E-state index in [4.69, 9.17) is 16.2 Å². The van der Waals surface area contributed by atoms with E-state index in [1.807, 2.05) is 25.1 Å². The maximum Gasteiger partial charge on any atom is 0.177 e. The van der Waals surface area contributed by atoms with E-state index in [1.54, 1.807) is 0 Å². The number of hydrogen-bond donors (Lipinski definition) is 3. The highest BCUT2D eigenvalue weighted by molar-refractivity contribution is 7.75. The van der Waals surface area contributed by atoms with E-state index >= 15 is 0 Å². The molecule has 0 radical (unpaired) electrons. The number of rotatable bonds is 13. The molecule has 2 aromatic rings. The summed E-state index contributed by atoms with van der Waals surface area (Å²) in [5.41, 5.74) is 12.0. The van der Waals surface area contributed by atoms with Crippen LogP contribution in [0.3, 0.4) is 0 Å². The number of ether oxygens (including phenoxy) is 1. The van der Waals surface area contributed by atoms with Crippen molar-refractivity contribution >= 4 is 32.1 Å². The molecule has 0 saturated carbocycles. The molecule has 2 rings (SSSR count). The van der Waals surface area contributed by atoms with Gasteiger partial charge < -0.3 is 21.1 Å². The Morgan fingerprint density at radius 2 is 1.74 bits per heavy atom. The van der Waals surface area contributed by atoms with Gasteiger partial charge in [0.25, 0.3) is 0 Å². The van der Waals surface area contributed by atoms with Crippen molar-refractivity contribution in [3.05, 3.63) is 23.8 Å². The molecule has 0 bridgehead atoms. The Morgan fingerprint density at radius 3 is 2.44 bits per heavy atom. The Kier molecular flexibility index (Phi) is 9.50. The van der Waals surface area contributed by atoms with Gasteiger partial charge in [0.1, 0.15) is 9.96 Å². The van der Waals surface area contributed by atoms with E-state index in [2.05, 4.69) is 4.90 Å². The van der Waals surface area contributed by atoms with Crippen LogP contribution >= 0.6 is 11.3 Å². The monoisotopic (exact) mass is 413 g/mol. The lowest BCUT2D eigenvalue weighted by atomic mass is 10.2. The van der Waals surface area contributed by atoms with Crippen molar-refractivity contribution in [1.82, 2.24) is 4.90 Å². The van der Waals surface area contributed by atoms with Crippen LogP contribution in [0.2, 0.25) is 0 Å². The molecule has 0 amide bonds. The quantitative estimate of drug-likeness (QED) is 0.344. The topological polar surface area (TPSA) is 98.7 Å². The third-order valence-corrected chi connectivity index (χ3v) is 7.01. The fourth-order valence-electron chi connectivity index (χ4n) is 3.06. The predicted octanol–water partition coefficient (Wildman–Crippen LogP) is 2.34. The lowest BCUT2D eigenvalue weighted by Crippen LogP contribution is -2.29. The zero-order valence-electron chi connectivity index (χ0n) is 16.0. The second kappa shape index (κ2) is 11.6. The Balaban J connectivity index is 1.87. The maximum absolute atomic E-state index is 11.3. The number of nitrogens with zero attached hydrogens (tertiary/aromatic N) is 1.